The number of hydrogen-bond acceptors (Lipinski definition) is 6. The summed E-state index contributed by atoms with van der Waals surface area (Å²) in [7, 11) is 0. The molecule has 3 aromatic carbocycles. The van der Waals surface area contributed by atoms with E-state index in [1.54, 1.807) is 31.3 Å². The van der Waals surface area contributed by atoms with Gasteiger partial charge < -0.3 is 14.8 Å². The van der Waals surface area contributed by atoms with E-state index in [1.165, 1.54) is 4.68 Å². The van der Waals surface area contributed by atoms with Crippen molar-refractivity contribution in [1.29, 1.82) is 0 Å². The van der Waals surface area contributed by atoms with Crippen molar-refractivity contribution in [2.45, 2.75) is 20.8 Å². The Morgan fingerprint density at radius 3 is 2.70 bits per heavy atom. The molecular weight excluding hydrogens is 651 g/mol. The maximum atomic E-state index is 13.0. The van der Waals surface area contributed by atoms with Crippen molar-refractivity contribution in [2.75, 3.05) is 18.5 Å². The van der Waals surface area contributed by atoms with E-state index in [0.717, 1.165) is 19.3 Å². The number of carbonyl (C=O) groups excluding carboxylic acids is 1. The molecule has 37 heavy (non-hydrogen) atoms. The van der Waals surface area contributed by atoms with Crippen molar-refractivity contribution in [3.63, 3.8) is 0 Å². The van der Waals surface area contributed by atoms with E-state index in [9.17, 15) is 9.59 Å². The number of ether oxygens (including phenoxy) is 2. The molecule has 1 N–H and O–H groups in total. The summed E-state index contributed by atoms with van der Waals surface area (Å²) in [4.78, 5) is 30.0. The van der Waals surface area contributed by atoms with Crippen LogP contribution in [-0.2, 0) is 4.79 Å². The van der Waals surface area contributed by atoms with Gasteiger partial charge in [0.1, 0.15) is 5.82 Å². The number of aryl methyl sites for hydroxylation is 2. The fraction of sp³-hybridized carbons (Fsp3) is 0.185. The molecule has 0 aliphatic carbocycles. The standard InChI is InChI=1S/C27H24BrIN4O4/c1-4-36-24-12-18(14-30-33-17(3)31-23-10-9-19(28)13-20(23)27(33)35)11-21(29)26(24)37-15-25(34)32-22-8-6-5-7-16(22)2/h5-14H,4,15H2,1-3H3,(H,32,34). The summed E-state index contributed by atoms with van der Waals surface area (Å²) in [6, 6.07) is 16.5. The number of aromatic nitrogens is 2. The Labute approximate surface area is 236 Å². The normalized spacial score (nSPS) is 11.2. The van der Waals surface area contributed by atoms with Crippen LogP contribution in [0.25, 0.3) is 10.9 Å². The zero-order chi connectivity index (χ0) is 26.5. The first-order chi connectivity index (χ1) is 17.8. The Morgan fingerprint density at radius 2 is 1.95 bits per heavy atom. The second-order valence-corrected chi connectivity index (χ2v) is 10.2. The summed E-state index contributed by atoms with van der Waals surface area (Å²) >= 11 is 5.52. The van der Waals surface area contributed by atoms with Crippen molar-refractivity contribution >= 4 is 67.2 Å². The minimum Gasteiger partial charge on any atom is -0.490 e. The molecule has 1 heterocycles. The number of nitrogens with one attached hydrogen (secondary N) is 1. The molecule has 8 nitrogen and oxygen atoms in total. The summed E-state index contributed by atoms with van der Waals surface area (Å²) in [6.45, 7) is 5.75. The quantitative estimate of drug-likeness (QED) is 0.192. The predicted molar refractivity (Wildman–Crippen MR) is 157 cm³/mol. The van der Waals surface area contributed by atoms with Crippen molar-refractivity contribution in [2.24, 2.45) is 5.10 Å². The number of benzene rings is 3. The average molecular weight is 675 g/mol. The molecule has 4 rings (SSSR count). The van der Waals surface area contributed by atoms with Gasteiger partial charge in [-0.05, 0) is 90.9 Å². The van der Waals surface area contributed by atoms with Crippen LogP contribution in [0.4, 0.5) is 5.69 Å². The van der Waals surface area contributed by atoms with Crippen LogP contribution in [0.15, 0.2) is 69.0 Å². The van der Waals surface area contributed by atoms with E-state index in [4.69, 9.17) is 9.47 Å². The van der Waals surface area contributed by atoms with Gasteiger partial charge in [-0.15, -0.1) is 0 Å². The molecule has 1 aromatic heterocycles. The number of fused-ring (bicyclic) bond motifs is 1. The van der Waals surface area contributed by atoms with Crippen LogP contribution >= 0.6 is 38.5 Å². The van der Waals surface area contributed by atoms with Gasteiger partial charge in [0.25, 0.3) is 11.5 Å². The minimum atomic E-state index is -0.275. The first kappa shape index (κ1) is 26.8. The fourth-order valence-corrected chi connectivity index (χ4v) is 4.76. The van der Waals surface area contributed by atoms with Crippen LogP contribution in [0, 0.1) is 17.4 Å². The molecule has 0 atom stereocenters. The van der Waals surface area contributed by atoms with Gasteiger partial charge in [0.2, 0.25) is 0 Å². The third kappa shape index (κ3) is 6.37. The van der Waals surface area contributed by atoms with Gasteiger partial charge in [-0.2, -0.15) is 9.78 Å². The highest BCUT2D eigenvalue weighted by Crippen LogP contribution is 2.34. The lowest BCUT2D eigenvalue weighted by atomic mass is 10.2. The first-order valence-corrected chi connectivity index (χ1v) is 13.3. The third-order valence-corrected chi connectivity index (χ3v) is 6.69. The van der Waals surface area contributed by atoms with Crippen molar-refractivity contribution in [3.05, 3.63) is 89.9 Å². The second kappa shape index (κ2) is 11.9. The number of para-hydroxylation sites is 1. The van der Waals surface area contributed by atoms with Crippen LogP contribution in [0.3, 0.4) is 0 Å². The molecule has 0 unspecified atom stereocenters. The Balaban J connectivity index is 1.57. The SMILES string of the molecule is CCOc1cc(C=Nn2c(C)nc3ccc(Br)cc3c2=O)cc(I)c1OCC(=O)Nc1ccccc1C. The summed E-state index contributed by atoms with van der Waals surface area (Å²) in [5.74, 6) is 1.13. The monoisotopic (exact) mass is 674 g/mol. The Morgan fingerprint density at radius 1 is 1.16 bits per heavy atom. The highest BCUT2D eigenvalue weighted by atomic mass is 127. The number of anilines is 1. The van der Waals surface area contributed by atoms with E-state index in [1.807, 2.05) is 50.2 Å². The van der Waals surface area contributed by atoms with Crippen molar-refractivity contribution < 1.29 is 14.3 Å². The first-order valence-electron chi connectivity index (χ1n) is 11.4. The fourth-order valence-electron chi connectivity index (χ4n) is 3.62. The van der Waals surface area contributed by atoms with E-state index >= 15 is 0 Å². The molecule has 190 valence electrons. The smallest absolute Gasteiger partial charge is 0.282 e. The molecule has 0 saturated carbocycles. The number of hydrogen-bond donors (Lipinski definition) is 1. The maximum Gasteiger partial charge on any atom is 0.282 e. The van der Waals surface area contributed by atoms with E-state index in [-0.39, 0.29) is 18.1 Å². The van der Waals surface area contributed by atoms with Crippen molar-refractivity contribution in [3.8, 4) is 11.5 Å². The molecule has 0 spiro atoms. The van der Waals surface area contributed by atoms with Crippen LogP contribution in [0.1, 0.15) is 23.9 Å². The number of rotatable bonds is 8. The molecule has 4 aromatic rings. The lowest BCUT2D eigenvalue weighted by molar-refractivity contribution is -0.118. The largest absolute Gasteiger partial charge is 0.490 e. The van der Waals surface area contributed by atoms with Gasteiger partial charge in [0.15, 0.2) is 18.1 Å². The lowest BCUT2D eigenvalue weighted by Crippen LogP contribution is -2.21. The zero-order valence-corrected chi connectivity index (χ0v) is 24.2. The highest BCUT2D eigenvalue weighted by molar-refractivity contribution is 14.1. The van der Waals surface area contributed by atoms with Gasteiger partial charge in [-0.1, -0.05) is 34.1 Å². The maximum absolute atomic E-state index is 13.0. The Bertz CT molecular complexity index is 1570. The topological polar surface area (TPSA) is 94.8 Å². The molecule has 0 aliphatic rings. The zero-order valence-electron chi connectivity index (χ0n) is 20.4. The number of carbonyl (C=O) groups is 1. The number of halogens is 2. The van der Waals surface area contributed by atoms with E-state index < -0.39 is 0 Å². The third-order valence-electron chi connectivity index (χ3n) is 5.39. The van der Waals surface area contributed by atoms with E-state index in [0.29, 0.717) is 40.4 Å². The van der Waals surface area contributed by atoms with Gasteiger partial charge in [0.05, 0.1) is 27.3 Å². The molecular formula is C27H24BrIN4O4. The van der Waals surface area contributed by atoms with Gasteiger partial charge >= 0.3 is 0 Å². The van der Waals surface area contributed by atoms with Crippen LogP contribution < -0.4 is 20.3 Å². The minimum absolute atomic E-state index is 0.176. The lowest BCUT2D eigenvalue weighted by Gasteiger charge is -2.15. The van der Waals surface area contributed by atoms with Gasteiger partial charge in [-0.3, -0.25) is 9.59 Å². The summed E-state index contributed by atoms with van der Waals surface area (Å²) < 4.78 is 14.4. The number of nitrogens with zero attached hydrogens (tertiary/aromatic N) is 3. The van der Waals surface area contributed by atoms with Gasteiger partial charge in [-0.25, -0.2) is 4.98 Å². The van der Waals surface area contributed by atoms with Crippen LogP contribution in [0.2, 0.25) is 0 Å². The van der Waals surface area contributed by atoms with Crippen LogP contribution in [0.5, 0.6) is 11.5 Å². The summed E-state index contributed by atoms with van der Waals surface area (Å²) in [5.41, 5.74) is 2.75. The molecule has 0 saturated heterocycles. The highest BCUT2D eigenvalue weighted by Gasteiger charge is 2.15. The molecule has 0 aliphatic heterocycles. The summed E-state index contributed by atoms with van der Waals surface area (Å²) in [6.07, 6.45) is 1.57. The second-order valence-electron chi connectivity index (χ2n) is 8.10. The van der Waals surface area contributed by atoms with Gasteiger partial charge in [0, 0.05) is 10.2 Å². The van der Waals surface area contributed by atoms with E-state index in [2.05, 4.69) is 53.9 Å². The molecule has 0 bridgehead atoms. The molecule has 10 heteroatoms. The van der Waals surface area contributed by atoms with Crippen LogP contribution in [-0.4, -0.2) is 35.0 Å². The summed E-state index contributed by atoms with van der Waals surface area (Å²) in [5, 5.41) is 7.72. The Kier molecular flexibility index (Phi) is 8.59. The predicted octanol–water partition coefficient (Wildman–Crippen LogP) is 5.68. The molecule has 0 radical (unpaired) electrons. The number of amides is 1. The van der Waals surface area contributed by atoms with Crippen molar-refractivity contribution in [1.82, 2.24) is 9.66 Å². The average Bonchev–Trinajstić information content (AvgIpc) is 2.85. The molecule has 0 fully saturated rings. The Hall–Kier alpha value is -3.25. The molecule has 1 amide bonds.